The second-order valence-corrected chi connectivity index (χ2v) is 3.39. The molecule has 1 aromatic carbocycles. The standard InChI is InChI=1S/C10H13N5O2/c1-15-13-10(12-14-15)6-17-8-4-3-7(11)5-9(8)16-2/h3-5H,6,11H2,1-2H3. The summed E-state index contributed by atoms with van der Waals surface area (Å²) in [4.78, 5) is 1.37. The molecule has 1 heterocycles. The van der Waals surface area contributed by atoms with E-state index in [1.54, 1.807) is 32.4 Å². The molecule has 0 spiro atoms. The molecule has 2 rings (SSSR count). The van der Waals surface area contributed by atoms with E-state index in [2.05, 4.69) is 15.4 Å². The van der Waals surface area contributed by atoms with Gasteiger partial charge in [0, 0.05) is 11.8 Å². The van der Waals surface area contributed by atoms with Gasteiger partial charge in [0.15, 0.2) is 18.1 Å². The van der Waals surface area contributed by atoms with Gasteiger partial charge in [0.2, 0.25) is 5.82 Å². The van der Waals surface area contributed by atoms with E-state index in [-0.39, 0.29) is 6.61 Å². The maximum Gasteiger partial charge on any atom is 0.212 e. The van der Waals surface area contributed by atoms with Crippen LogP contribution in [0.3, 0.4) is 0 Å². The molecule has 7 heteroatoms. The molecule has 0 aliphatic heterocycles. The highest BCUT2D eigenvalue weighted by Gasteiger charge is 2.07. The Bertz CT molecular complexity index is 511. The van der Waals surface area contributed by atoms with E-state index in [1.807, 2.05) is 0 Å². The molecule has 0 fully saturated rings. The first kappa shape index (κ1) is 11.2. The van der Waals surface area contributed by atoms with Crippen molar-refractivity contribution in [2.45, 2.75) is 6.61 Å². The van der Waals surface area contributed by atoms with E-state index >= 15 is 0 Å². The van der Waals surface area contributed by atoms with Gasteiger partial charge in [0.05, 0.1) is 14.2 Å². The highest BCUT2D eigenvalue weighted by molar-refractivity contribution is 5.51. The van der Waals surface area contributed by atoms with Crippen LogP contribution in [0.2, 0.25) is 0 Å². The first-order chi connectivity index (χ1) is 8.19. The lowest BCUT2D eigenvalue weighted by Gasteiger charge is -2.09. The molecule has 2 aromatic rings. The highest BCUT2D eigenvalue weighted by atomic mass is 16.5. The van der Waals surface area contributed by atoms with E-state index in [4.69, 9.17) is 15.2 Å². The molecule has 90 valence electrons. The average molecular weight is 235 g/mol. The minimum atomic E-state index is 0.230. The summed E-state index contributed by atoms with van der Waals surface area (Å²) in [5.74, 6) is 1.68. The van der Waals surface area contributed by atoms with Gasteiger partial charge in [-0.25, -0.2) is 0 Å². The zero-order chi connectivity index (χ0) is 12.3. The SMILES string of the molecule is COc1cc(N)ccc1OCc1nnn(C)n1. The molecule has 1 aromatic heterocycles. The lowest BCUT2D eigenvalue weighted by atomic mass is 10.3. The zero-order valence-electron chi connectivity index (χ0n) is 9.62. The van der Waals surface area contributed by atoms with Crippen LogP contribution in [0.1, 0.15) is 5.82 Å². The summed E-state index contributed by atoms with van der Waals surface area (Å²) < 4.78 is 10.7. The second-order valence-electron chi connectivity index (χ2n) is 3.39. The van der Waals surface area contributed by atoms with Crippen LogP contribution in [0.4, 0.5) is 5.69 Å². The van der Waals surface area contributed by atoms with Gasteiger partial charge in [0.25, 0.3) is 0 Å². The third-order valence-corrected chi connectivity index (χ3v) is 2.09. The number of aromatic nitrogens is 4. The van der Waals surface area contributed by atoms with Crippen LogP contribution >= 0.6 is 0 Å². The number of aryl methyl sites for hydroxylation is 1. The Morgan fingerprint density at radius 1 is 1.35 bits per heavy atom. The fraction of sp³-hybridized carbons (Fsp3) is 0.300. The Hall–Kier alpha value is -2.31. The Morgan fingerprint density at radius 3 is 2.82 bits per heavy atom. The van der Waals surface area contributed by atoms with Crippen molar-refractivity contribution in [2.75, 3.05) is 12.8 Å². The fourth-order valence-corrected chi connectivity index (χ4v) is 1.33. The van der Waals surface area contributed by atoms with Crippen LogP contribution in [-0.4, -0.2) is 27.3 Å². The highest BCUT2D eigenvalue weighted by Crippen LogP contribution is 2.29. The zero-order valence-corrected chi connectivity index (χ0v) is 9.62. The van der Waals surface area contributed by atoms with Crippen molar-refractivity contribution in [3.8, 4) is 11.5 Å². The van der Waals surface area contributed by atoms with E-state index in [0.717, 1.165) is 0 Å². The number of methoxy groups -OCH3 is 1. The third-order valence-electron chi connectivity index (χ3n) is 2.09. The van der Waals surface area contributed by atoms with E-state index in [0.29, 0.717) is 23.0 Å². The van der Waals surface area contributed by atoms with Gasteiger partial charge in [-0.3, -0.25) is 0 Å². The number of nitrogen functional groups attached to an aromatic ring is 1. The topological polar surface area (TPSA) is 88.1 Å². The molecule has 0 saturated heterocycles. The van der Waals surface area contributed by atoms with Crippen molar-refractivity contribution in [3.63, 3.8) is 0 Å². The first-order valence-electron chi connectivity index (χ1n) is 4.98. The molecule has 0 atom stereocenters. The monoisotopic (exact) mass is 235 g/mol. The fourth-order valence-electron chi connectivity index (χ4n) is 1.33. The number of benzene rings is 1. The second kappa shape index (κ2) is 4.69. The predicted octanol–water partition coefficient (Wildman–Crippen LogP) is 0.380. The maximum absolute atomic E-state index is 5.64. The summed E-state index contributed by atoms with van der Waals surface area (Å²) in [5.41, 5.74) is 6.26. The van der Waals surface area contributed by atoms with E-state index in [1.165, 1.54) is 4.80 Å². The number of hydrogen-bond donors (Lipinski definition) is 1. The van der Waals surface area contributed by atoms with E-state index < -0.39 is 0 Å². The third kappa shape index (κ3) is 2.63. The van der Waals surface area contributed by atoms with E-state index in [9.17, 15) is 0 Å². The molecule has 0 unspecified atom stereocenters. The maximum atomic E-state index is 5.64. The smallest absolute Gasteiger partial charge is 0.212 e. The van der Waals surface area contributed by atoms with Gasteiger partial charge < -0.3 is 15.2 Å². The summed E-state index contributed by atoms with van der Waals surface area (Å²) in [6.45, 7) is 0.230. The minimum Gasteiger partial charge on any atom is -0.493 e. The van der Waals surface area contributed by atoms with Crippen LogP contribution in [0.25, 0.3) is 0 Å². The molecule has 17 heavy (non-hydrogen) atoms. The van der Waals surface area contributed by atoms with Crippen molar-refractivity contribution in [2.24, 2.45) is 7.05 Å². The van der Waals surface area contributed by atoms with Gasteiger partial charge >= 0.3 is 0 Å². The lowest BCUT2D eigenvalue weighted by Crippen LogP contribution is -2.01. The van der Waals surface area contributed by atoms with Crippen molar-refractivity contribution in [1.82, 2.24) is 20.2 Å². The molecule has 0 aliphatic carbocycles. The van der Waals surface area contributed by atoms with Gasteiger partial charge in [-0.2, -0.15) is 4.80 Å². The quantitative estimate of drug-likeness (QED) is 0.771. The van der Waals surface area contributed by atoms with Crippen LogP contribution in [-0.2, 0) is 13.7 Å². The van der Waals surface area contributed by atoms with Gasteiger partial charge in [0.1, 0.15) is 0 Å². The number of rotatable bonds is 4. The van der Waals surface area contributed by atoms with Gasteiger partial charge in [-0.1, -0.05) is 0 Å². The Balaban J connectivity index is 2.08. The number of ether oxygens (including phenoxy) is 2. The number of nitrogens with two attached hydrogens (primary N) is 1. The first-order valence-corrected chi connectivity index (χ1v) is 4.98. The van der Waals surface area contributed by atoms with Gasteiger partial charge in [-0.05, 0) is 17.3 Å². The van der Waals surface area contributed by atoms with Crippen molar-refractivity contribution >= 4 is 5.69 Å². The summed E-state index contributed by atoms with van der Waals surface area (Å²) in [6.07, 6.45) is 0. The Morgan fingerprint density at radius 2 is 2.18 bits per heavy atom. The van der Waals surface area contributed by atoms with Crippen molar-refractivity contribution in [1.29, 1.82) is 0 Å². The summed E-state index contributed by atoms with van der Waals surface area (Å²) in [7, 11) is 3.25. The number of anilines is 1. The average Bonchev–Trinajstić information content (AvgIpc) is 2.73. The summed E-state index contributed by atoms with van der Waals surface area (Å²) >= 11 is 0. The van der Waals surface area contributed by atoms with Crippen molar-refractivity contribution in [3.05, 3.63) is 24.0 Å². The Labute approximate surface area is 98.1 Å². The minimum absolute atomic E-state index is 0.230. The summed E-state index contributed by atoms with van der Waals surface area (Å²) in [6, 6.07) is 5.17. The lowest BCUT2D eigenvalue weighted by molar-refractivity contribution is 0.276. The Kier molecular flexibility index (Phi) is 3.08. The van der Waals surface area contributed by atoms with Gasteiger partial charge in [-0.15, -0.1) is 10.2 Å². The van der Waals surface area contributed by atoms with Crippen LogP contribution < -0.4 is 15.2 Å². The molecule has 0 amide bonds. The van der Waals surface area contributed by atoms with Crippen LogP contribution in [0, 0.1) is 0 Å². The number of hydrogen-bond acceptors (Lipinski definition) is 6. The number of nitrogens with zero attached hydrogens (tertiary/aromatic N) is 4. The molecule has 0 radical (unpaired) electrons. The van der Waals surface area contributed by atoms with Crippen molar-refractivity contribution < 1.29 is 9.47 Å². The molecular weight excluding hydrogens is 222 g/mol. The molecule has 2 N–H and O–H groups in total. The number of tetrazole rings is 1. The molecule has 0 aliphatic rings. The molecule has 7 nitrogen and oxygen atoms in total. The molecule has 0 bridgehead atoms. The largest absolute Gasteiger partial charge is 0.493 e. The van der Waals surface area contributed by atoms with Crippen LogP contribution in [0.15, 0.2) is 18.2 Å². The van der Waals surface area contributed by atoms with Crippen LogP contribution in [0.5, 0.6) is 11.5 Å². The molecule has 0 saturated carbocycles. The molecular formula is C10H13N5O2. The summed E-state index contributed by atoms with van der Waals surface area (Å²) in [5, 5.41) is 11.5. The predicted molar refractivity (Wildman–Crippen MR) is 60.5 cm³/mol. The normalized spacial score (nSPS) is 10.2.